The number of β-amino-alcohol motifs (C(OH)–C–C–N with tert-alkyl or cyclic N) is 1. The largest absolute Gasteiger partial charge is 0.497 e. The van der Waals surface area contributed by atoms with Gasteiger partial charge in [0.25, 0.3) is 0 Å². The molecule has 0 aromatic heterocycles. The Hall–Kier alpha value is -1.63. The summed E-state index contributed by atoms with van der Waals surface area (Å²) in [5.74, 6) is 0.0353. The van der Waals surface area contributed by atoms with Gasteiger partial charge < -0.3 is 25.0 Å². The second kappa shape index (κ2) is 6.64. The number of ether oxygens (including phenoxy) is 2. The zero-order valence-corrected chi connectivity index (χ0v) is 13.1. The molecular formula is C16H23NO5. The molecule has 22 heavy (non-hydrogen) atoms. The summed E-state index contributed by atoms with van der Waals surface area (Å²) in [5.41, 5.74) is -0.538. The Bertz CT molecular complexity index is 508. The first kappa shape index (κ1) is 16.7. The number of esters is 1. The van der Waals surface area contributed by atoms with Crippen molar-refractivity contribution in [3.05, 3.63) is 29.8 Å². The number of carbonyl (C=O) groups is 1. The normalized spacial score (nSPS) is 25.0. The summed E-state index contributed by atoms with van der Waals surface area (Å²) in [7, 11) is 1.61. The molecule has 0 aliphatic carbocycles. The van der Waals surface area contributed by atoms with E-state index in [0.29, 0.717) is 13.0 Å². The number of nitrogens with one attached hydrogen (secondary N) is 1. The van der Waals surface area contributed by atoms with Crippen LogP contribution in [0, 0.1) is 0 Å². The van der Waals surface area contributed by atoms with Crippen LogP contribution in [0.15, 0.2) is 24.3 Å². The maximum absolute atomic E-state index is 11.8. The van der Waals surface area contributed by atoms with Crippen LogP contribution in [-0.4, -0.2) is 53.7 Å². The molecule has 1 fully saturated rings. The van der Waals surface area contributed by atoms with Crippen molar-refractivity contribution in [2.45, 2.75) is 44.1 Å². The van der Waals surface area contributed by atoms with Gasteiger partial charge in [0.1, 0.15) is 18.0 Å². The van der Waals surface area contributed by atoms with E-state index in [1.165, 1.54) is 13.8 Å². The Morgan fingerprint density at radius 1 is 1.36 bits per heavy atom. The Labute approximate surface area is 130 Å². The summed E-state index contributed by atoms with van der Waals surface area (Å²) in [6, 6.07) is 7.38. The van der Waals surface area contributed by atoms with E-state index in [1.807, 2.05) is 24.3 Å². The molecule has 6 nitrogen and oxygen atoms in total. The van der Waals surface area contributed by atoms with E-state index in [-0.39, 0.29) is 6.04 Å². The molecule has 1 aromatic carbocycles. The molecule has 122 valence electrons. The topological polar surface area (TPSA) is 88.0 Å². The summed E-state index contributed by atoms with van der Waals surface area (Å²) < 4.78 is 10.4. The maximum Gasteiger partial charge on any atom is 0.337 e. The van der Waals surface area contributed by atoms with Crippen molar-refractivity contribution >= 4 is 5.97 Å². The molecule has 3 atom stereocenters. The first-order valence-electron chi connectivity index (χ1n) is 7.29. The Morgan fingerprint density at radius 2 is 2.00 bits per heavy atom. The van der Waals surface area contributed by atoms with Crippen LogP contribution >= 0.6 is 0 Å². The van der Waals surface area contributed by atoms with E-state index in [2.05, 4.69) is 5.32 Å². The van der Waals surface area contributed by atoms with Gasteiger partial charge in [0.05, 0.1) is 13.2 Å². The summed E-state index contributed by atoms with van der Waals surface area (Å²) in [6.07, 6.45) is -0.860. The average Bonchev–Trinajstić information content (AvgIpc) is 2.80. The van der Waals surface area contributed by atoms with E-state index in [1.54, 1.807) is 7.11 Å². The van der Waals surface area contributed by atoms with Gasteiger partial charge in [-0.3, -0.25) is 0 Å². The summed E-state index contributed by atoms with van der Waals surface area (Å²) in [4.78, 5) is 11.8. The molecule has 0 unspecified atom stereocenters. The van der Waals surface area contributed by atoms with Crippen LogP contribution in [0.4, 0.5) is 0 Å². The number of aliphatic hydroxyl groups is 2. The lowest BCUT2D eigenvalue weighted by atomic mass is 10.0. The van der Waals surface area contributed by atoms with E-state index < -0.39 is 23.8 Å². The lowest BCUT2D eigenvalue weighted by Crippen LogP contribution is -2.44. The van der Waals surface area contributed by atoms with Crippen LogP contribution in [0.3, 0.4) is 0 Å². The lowest BCUT2D eigenvalue weighted by Gasteiger charge is -2.25. The van der Waals surface area contributed by atoms with Crippen molar-refractivity contribution in [3.8, 4) is 5.75 Å². The Morgan fingerprint density at radius 3 is 2.55 bits per heavy atom. The predicted molar refractivity (Wildman–Crippen MR) is 80.7 cm³/mol. The SMILES string of the molecule is COc1ccc(C[C@H]2NC[C@H](O)[C@H]2OC(=O)C(C)(C)O)cc1. The van der Waals surface area contributed by atoms with Crippen molar-refractivity contribution in [1.29, 1.82) is 0 Å². The van der Waals surface area contributed by atoms with Crippen molar-refractivity contribution in [3.63, 3.8) is 0 Å². The summed E-state index contributed by atoms with van der Waals surface area (Å²) in [6.45, 7) is 3.08. The van der Waals surface area contributed by atoms with Crippen molar-refractivity contribution in [2.75, 3.05) is 13.7 Å². The number of hydrogen-bond acceptors (Lipinski definition) is 6. The number of carbonyl (C=O) groups excluding carboxylic acids is 1. The number of benzene rings is 1. The summed E-state index contributed by atoms with van der Waals surface area (Å²) >= 11 is 0. The quantitative estimate of drug-likeness (QED) is 0.676. The summed E-state index contributed by atoms with van der Waals surface area (Å²) in [5, 5.41) is 22.8. The highest BCUT2D eigenvalue weighted by Gasteiger charge is 2.40. The van der Waals surface area contributed by atoms with Crippen molar-refractivity contribution in [1.82, 2.24) is 5.32 Å². The molecule has 2 rings (SSSR count). The number of hydrogen-bond donors (Lipinski definition) is 3. The Kier molecular flexibility index (Phi) is 5.05. The highest BCUT2D eigenvalue weighted by atomic mass is 16.6. The van der Waals surface area contributed by atoms with Crippen LogP contribution in [0.2, 0.25) is 0 Å². The van der Waals surface area contributed by atoms with Gasteiger partial charge in [0, 0.05) is 6.54 Å². The lowest BCUT2D eigenvalue weighted by molar-refractivity contribution is -0.172. The first-order chi connectivity index (χ1) is 10.3. The molecule has 1 aromatic rings. The second-order valence-corrected chi connectivity index (χ2v) is 6.06. The van der Waals surface area contributed by atoms with Gasteiger partial charge in [-0.15, -0.1) is 0 Å². The second-order valence-electron chi connectivity index (χ2n) is 6.06. The third-order valence-electron chi connectivity index (χ3n) is 3.72. The van der Waals surface area contributed by atoms with Gasteiger partial charge in [-0.25, -0.2) is 4.79 Å². The minimum atomic E-state index is -1.58. The third kappa shape index (κ3) is 3.97. The maximum atomic E-state index is 11.8. The van der Waals surface area contributed by atoms with Gasteiger partial charge in [0.15, 0.2) is 5.60 Å². The molecule has 1 saturated heterocycles. The predicted octanol–water partition coefficient (Wildman–Crippen LogP) is 0.253. The molecule has 1 aliphatic rings. The standard InChI is InChI=1S/C16H23NO5/c1-16(2,20)15(19)22-14-12(17-9-13(14)18)8-10-4-6-11(21-3)7-5-10/h4-7,12-14,17-18,20H,8-9H2,1-3H3/t12-,13+,14+/m1/s1. The minimum Gasteiger partial charge on any atom is -0.497 e. The molecular weight excluding hydrogens is 286 g/mol. The molecule has 0 bridgehead atoms. The van der Waals surface area contributed by atoms with Gasteiger partial charge in [0.2, 0.25) is 0 Å². The van der Waals surface area contributed by atoms with E-state index >= 15 is 0 Å². The smallest absolute Gasteiger partial charge is 0.337 e. The number of methoxy groups -OCH3 is 1. The van der Waals surface area contributed by atoms with Crippen LogP contribution in [0.5, 0.6) is 5.75 Å². The van der Waals surface area contributed by atoms with Gasteiger partial charge >= 0.3 is 5.97 Å². The minimum absolute atomic E-state index is 0.199. The number of aliphatic hydroxyl groups excluding tert-OH is 1. The van der Waals surface area contributed by atoms with Gasteiger partial charge in [-0.1, -0.05) is 12.1 Å². The third-order valence-corrected chi connectivity index (χ3v) is 3.72. The van der Waals surface area contributed by atoms with Crippen LogP contribution in [0.25, 0.3) is 0 Å². The van der Waals surface area contributed by atoms with Crippen molar-refractivity contribution in [2.24, 2.45) is 0 Å². The monoisotopic (exact) mass is 309 g/mol. The molecule has 1 aliphatic heterocycles. The van der Waals surface area contributed by atoms with Crippen LogP contribution in [0.1, 0.15) is 19.4 Å². The fourth-order valence-electron chi connectivity index (χ4n) is 2.40. The Balaban J connectivity index is 2.03. The fourth-order valence-corrected chi connectivity index (χ4v) is 2.40. The van der Waals surface area contributed by atoms with E-state index in [0.717, 1.165) is 11.3 Å². The van der Waals surface area contributed by atoms with Crippen LogP contribution in [-0.2, 0) is 16.0 Å². The highest BCUT2D eigenvalue weighted by Crippen LogP contribution is 2.20. The number of rotatable bonds is 5. The highest BCUT2D eigenvalue weighted by molar-refractivity contribution is 5.78. The van der Waals surface area contributed by atoms with Gasteiger partial charge in [-0.2, -0.15) is 0 Å². The molecule has 0 radical (unpaired) electrons. The molecule has 1 heterocycles. The zero-order chi connectivity index (χ0) is 16.3. The fraction of sp³-hybridized carbons (Fsp3) is 0.562. The van der Waals surface area contributed by atoms with Crippen LogP contribution < -0.4 is 10.1 Å². The molecule has 6 heteroatoms. The van der Waals surface area contributed by atoms with E-state index in [4.69, 9.17) is 9.47 Å². The molecule has 3 N–H and O–H groups in total. The average molecular weight is 309 g/mol. The van der Waals surface area contributed by atoms with Crippen molar-refractivity contribution < 1.29 is 24.5 Å². The van der Waals surface area contributed by atoms with Gasteiger partial charge in [-0.05, 0) is 38.0 Å². The first-order valence-corrected chi connectivity index (χ1v) is 7.29. The zero-order valence-electron chi connectivity index (χ0n) is 13.1. The molecule has 0 saturated carbocycles. The molecule has 0 amide bonds. The van der Waals surface area contributed by atoms with E-state index in [9.17, 15) is 15.0 Å². The molecule has 0 spiro atoms.